The molecule has 1 atom stereocenters. The molecule has 0 aliphatic carbocycles. The maximum absolute atomic E-state index is 11.5. The first-order valence-electron chi connectivity index (χ1n) is 2.85. The first-order chi connectivity index (χ1) is 4.81. The summed E-state index contributed by atoms with van der Waals surface area (Å²) in [5.74, 6) is -1.32. The number of nitrogens with two attached hydrogens (primary N) is 1. The highest BCUT2D eigenvalue weighted by Gasteiger charge is 2.30. The first kappa shape index (κ1) is 10.2. The lowest BCUT2D eigenvalue weighted by Crippen LogP contribution is -2.29. The average Bonchev–Trinajstić information content (AvgIpc) is 1.53. The van der Waals surface area contributed by atoms with Gasteiger partial charge in [-0.1, -0.05) is 0 Å². The zero-order valence-electron chi connectivity index (χ0n) is 5.56. The summed E-state index contributed by atoms with van der Waals surface area (Å²) in [6.45, 7) is 0. The van der Waals surface area contributed by atoms with E-state index < -0.39 is 31.0 Å². The number of carboxylic acids is 1. The van der Waals surface area contributed by atoms with Crippen LogP contribution in [0, 0.1) is 0 Å². The van der Waals surface area contributed by atoms with E-state index in [2.05, 4.69) is 0 Å². The van der Waals surface area contributed by atoms with Crippen LogP contribution in [-0.4, -0.2) is 23.3 Å². The van der Waals surface area contributed by atoms with Gasteiger partial charge in [0.2, 0.25) is 0 Å². The monoisotopic (exact) mass is 171 g/mol. The molecule has 0 aliphatic rings. The van der Waals surface area contributed by atoms with E-state index in [0.717, 1.165) is 0 Å². The van der Waals surface area contributed by atoms with Gasteiger partial charge in [0.05, 0.1) is 12.8 Å². The molecule has 0 fully saturated rings. The largest absolute Gasteiger partial charge is 0.481 e. The van der Waals surface area contributed by atoms with Gasteiger partial charge in [0.1, 0.15) is 0 Å². The summed E-state index contributed by atoms with van der Waals surface area (Å²) in [4.78, 5) is 9.85. The van der Waals surface area contributed by atoms with Crippen molar-refractivity contribution in [1.29, 1.82) is 0 Å². The summed E-state index contributed by atoms with van der Waals surface area (Å²) < 4.78 is 34.5. The second-order valence-electron chi connectivity index (χ2n) is 2.18. The Kier molecular flexibility index (Phi) is 3.31. The van der Waals surface area contributed by atoms with Gasteiger partial charge in [0, 0.05) is 6.04 Å². The maximum Gasteiger partial charge on any atom is 0.390 e. The third kappa shape index (κ3) is 7.11. The molecule has 0 aliphatic heterocycles. The Bertz CT molecular complexity index is 145. The second-order valence-corrected chi connectivity index (χ2v) is 2.18. The van der Waals surface area contributed by atoms with Gasteiger partial charge in [0.15, 0.2) is 0 Å². The lowest BCUT2D eigenvalue weighted by atomic mass is 10.1. The van der Waals surface area contributed by atoms with Crippen molar-refractivity contribution in [3.63, 3.8) is 0 Å². The Balaban J connectivity index is 3.69. The van der Waals surface area contributed by atoms with Crippen molar-refractivity contribution < 1.29 is 23.1 Å². The molecule has 0 aromatic carbocycles. The van der Waals surface area contributed by atoms with E-state index in [0.29, 0.717) is 0 Å². The minimum Gasteiger partial charge on any atom is -0.481 e. The molecule has 0 aromatic heterocycles. The topological polar surface area (TPSA) is 63.3 Å². The molecule has 66 valence electrons. The first-order valence-corrected chi connectivity index (χ1v) is 2.85. The summed E-state index contributed by atoms with van der Waals surface area (Å²) in [6.07, 6.45) is -6.28. The van der Waals surface area contributed by atoms with E-state index in [1.54, 1.807) is 0 Å². The van der Waals surface area contributed by atoms with E-state index in [1.165, 1.54) is 0 Å². The average molecular weight is 171 g/mol. The van der Waals surface area contributed by atoms with Crippen molar-refractivity contribution in [2.75, 3.05) is 0 Å². The molecular formula is C5H8F3NO2. The number of hydrogen-bond donors (Lipinski definition) is 2. The van der Waals surface area contributed by atoms with Gasteiger partial charge in [-0.2, -0.15) is 13.2 Å². The number of aliphatic carboxylic acids is 1. The van der Waals surface area contributed by atoms with Crippen LogP contribution in [0.1, 0.15) is 12.8 Å². The molecule has 0 radical (unpaired) electrons. The molecule has 0 bridgehead atoms. The van der Waals surface area contributed by atoms with Crippen molar-refractivity contribution >= 4 is 5.97 Å². The Morgan fingerprint density at radius 2 is 2.00 bits per heavy atom. The van der Waals surface area contributed by atoms with Crippen LogP contribution < -0.4 is 5.73 Å². The molecule has 0 spiro atoms. The SMILES string of the molecule is N[C@@H](CC(=O)O)CC(F)(F)F. The van der Waals surface area contributed by atoms with Gasteiger partial charge in [-0.15, -0.1) is 0 Å². The summed E-state index contributed by atoms with van der Waals surface area (Å²) in [5.41, 5.74) is 4.86. The fraction of sp³-hybridized carbons (Fsp3) is 0.800. The highest BCUT2D eigenvalue weighted by Crippen LogP contribution is 2.21. The lowest BCUT2D eigenvalue weighted by molar-refractivity contribution is -0.145. The van der Waals surface area contributed by atoms with Crippen LogP contribution in [0.15, 0.2) is 0 Å². The van der Waals surface area contributed by atoms with Crippen LogP contribution in [0.5, 0.6) is 0 Å². The molecule has 11 heavy (non-hydrogen) atoms. The van der Waals surface area contributed by atoms with Crippen molar-refractivity contribution in [2.45, 2.75) is 25.1 Å². The van der Waals surface area contributed by atoms with Crippen LogP contribution in [0.25, 0.3) is 0 Å². The van der Waals surface area contributed by atoms with E-state index in [9.17, 15) is 18.0 Å². The van der Waals surface area contributed by atoms with Crippen molar-refractivity contribution in [2.24, 2.45) is 5.73 Å². The van der Waals surface area contributed by atoms with Crippen molar-refractivity contribution in [3.05, 3.63) is 0 Å². The van der Waals surface area contributed by atoms with E-state index in [-0.39, 0.29) is 0 Å². The zero-order valence-corrected chi connectivity index (χ0v) is 5.56. The third-order valence-corrected chi connectivity index (χ3v) is 0.930. The van der Waals surface area contributed by atoms with Crippen molar-refractivity contribution in [1.82, 2.24) is 0 Å². The molecule has 0 rings (SSSR count). The smallest absolute Gasteiger partial charge is 0.390 e. The molecule has 0 heterocycles. The Morgan fingerprint density at radius 3 is 2.27 bits per heavy atom. The number of hydrogen-bond acceptors (Lipinski definition) is 2. The number of carbonyl (C=O) groups is 1. The lowest BCUT2D eigenvalue weighted by Gasteiger charge is -2.10. The fourth-order valence-electron chi connectivity index (χ4n) is 0.594. The predicted molar refractivity (Wildman–Crippen MR) is 30.9 cm³/mol. The van der Waals surface area contributed by atoms with Crippen LogP contribution in [0.2, 0.25) is 0 Å². The summed E-state index contributed by atoms with van der Waals surface area (Å²) in [5, 5.41) is 8.03. The standard InChI is InChI=1S/C5H8F3NO2/c6-5(7,8)2-3(9)1-4(10)11/h3H,1-2,9H2,(H,10,11)/t3-/m0/s1. The van der Waals surface area contributed by atoms with Crippen LogP contribution >= 0.6 is 0 Å². The Hall–Kier alpha value is -0.780. The maximum atomic E-state index is 11.5. The van der Waals surface area contributed by atoms with E-state index in [4.69, 9.17) is 10.8 Å². The number of rotatable bonds is 3. The molecule has 6 heteroatoms. The molecule has 3 N–H and O–H groups in total. The normalized spacial score (nSPS) is 14.5. The fourth-order valence-corrected chi connectivity index (χ4v) is 0.594. The van der Waals surface area contributed by atoms with E-state index in [1.807, 2.05) is 0 Å². The van der Waals surface area contributed by atoms with Gasteiger partial charge in [-0.25, -0.2) is 0 Å². The third-order valence-electron chi connectivity index (χ3n) is 0.930. The molecule has 0 aromatic rings. The number of halogens is 3. The van der Waals surface area contributed by atoms with E-state index >= 15 is 0 Å². The predicted octanol–water partition coefficient (Wildman–Crippen LogP) is 0.741. The van der Waals surface area contributed by atoms with Crippen molar-refractivity contribution in [3.8, 4) is 0 Å². The molecule has 0 saturated carbocycles. The molecule has 3 nitrogen and oxygen atoms in total. The zero-order chi connectivity index (χ0) is 9.07. The minimum atomic E-state index is -4.38. The molecule has 0 saturated heterocycles. The molecule has 0 amide bonds. The quantitative estimate of drug-likeness (QED) is 0.658. The minimum absolute atomic E-state index is 0.653. The van der Waals surface area contributed by atoms with Gasteiger partial charge in [0.25, 0.3) is 0 Å². The summed E-state index contributed by atoms with van der Waals surface area (Å²) in [7, 11) is 0. The Labute approximate surface area is 61.0 Å². The van der Waals surface area contributed by atoms with Gasteiger partial charge < -0.3 is 10.8 Å². The number of carboxylic acid groups (broad SMARTS) is 1. The van der Waals surface area contributed by atoms with Gasteiger partial charge in [-0.05, 0) is 0 Å². The van der Waals surface area contributed by atoms with Crippen LogP contribution in [-0.2, 0) is 4.79 Å². The highest BCUT2D eigenvalue weighted by molar-refractivity contribution is 5.67. The van der Waals surface area contributed by atoms with Gasteiger partial charge >= 0.3 is 12.1 Å². The summed E-state index contributed by atoms with van der Waals surface area (Å²) in [6, 6.07) is -1.34. The number of alkyl halides is 3. The highest BCUT2D eigenvalue weighted by atomic mass is 19.4. The van der Waals surface area contributed by atoms with Gasteiger partial charge in [-0.3, -0.25) is 4.79 Å². The van der Waals surface area contributed by atoms with Crippen LogP contribution in [0.3, 0.4) is 0 Å². The van der Waals surface area contributed by atoms with Crippen LogP contribution in [0.4, 0.5) is 13.2 Å². The Morgan fingerprint density at radius 1 is 1.55 bits per heavy atom. The second kappa shape index (κ2) is 3.56. The molecule has 0 unspecified atom stereocenters. The summed E-state index contributed by atoms with van der Waals surface area (Å²) >= 11 is 0. The molecular weight excluding hydrogens is 163 g/mol.